The molecular weight excluding hydrogens is 256 g/mol. The molecule has 2 saturated heterocycles. The first kappa shape index (κ1) is 13.8. The molecule has 104 valence electrons. The van der Waals surface area contributed by atoms with Crippen molar-refractivity contribution in [1.82, 2.24) is 10.2 Å². The summed E-state index contributed by atoms with van der Waals surface area (Å²) in [6, 6.07) is -0.979. The summed E-state index contributed by atoms with van der Waals surface area (Å²) in [6.07, 6.45) is 1.14. The Balaban J connectivity index is 1.91. The highest BCUT2D eigenvalue weighted by molar-refractivity contribution is 7.91. The van der Waals surface area contributed by atoms with Gasteiger partial charge in [0.15, 0.2) is 9.84 Å². The third-order valence-electron chi connectivity index (χ3n) is 3.57. The smallest absolute Gasteiger partial charge is 0.239 e. The van der Waals surface area contributed by atoms with E-state index in [1.165, 1.54) is 0 Å². The van der Waals surface area contributed by atoms with Gasteiger partial charge in [-0.05, 0) is 19.8 Å². The Kier molecular flexibility index (Phi) is 3.93. The van der Waals surface area contributed by atoms with Crippen LogP contribution in [0.3, 0.4) is 0 Å². The van der Waals surface area contributed by atoms with Gasteiger partial charge in [0.25, 0.3) is 0 Å². The average Bonchev–Trinajstić information content (AvgIpc) is 2.86. The number of rotatable bonds is 3. The van der Waals surface area contributed by atoms with Crippen molar-refractivity contribution in [2.75, 3.05) is 24.6 Å². The van der Waals surface area contributed by atoms with Crippen molar-refractivity contribution in [3.05, 3.63) is 0 Å². The van der Waals surface area contributed by atoms with Crippen LogP contribution in [0.5, 0.6) is 0 Å². The fourth-order valence-electron chi connectivity index (χ4n) is 2.59. The molecule has 2 fully saturated rings. The number of nitrogens with zero attached hydrogens (tertiary/aromatic N) is 1. The highest BCUT2D eigenvalue weighted by atomic mass is 32.2. The van der Waals surface area contributed by atoms with Crippen LogP contribution in [-0.2, 0) is 14.6 Å². The molecule has 2 heterocycles. The quantitative estimate of drug-likeness (QED) is 0.672. The maximum Gasteiger partial charge on any atom is 0.239 e. The topological polar surface area (TPSA) is 86.7 Å². The number of aliphatic hydroxyl groups excluding tert-OH is 1. The normalized spacial score (nSPS) is 32.7. The SMILES string of the molecule is CC(NC1CS(=O)(=O)CC1O)C(=O)N1CCCC1. The zero-order valence-electron chi connectivity index (χ0n) is 10.5. The number of amides is 1. The minimum atomic E-state index is -3.17. The van der Waals surface area contributed by atoms with E-state index < -0.39 is 28.0 Å². The molecule has 2 aliphatic heterocycles. The second-order valence-corrected chi connectivity index (χ2v) is 7.33. The van der Waals surface area contributed by atoms with Crippen LogP contribution in [0, 0.1) is 0 Å². The average molecular weight is 276 g/mol. The number of hydrogen-bond acceptors (Lipinski definition) is 5. The molecule has 7 heteroatoms. The number of carbonyl (C=O) groups excluding carboxylic acids is 1. The fraction of sp³-hybridized carbons (Fsp3) is 0.909. The Hall–Kier alpha value is -0.660. The van der Waals surface area contributed by atoms with Gasteiger partial charge in [0.1, 0.15) is 0 Å². The molecule has 18 heavy (non-hydrogen) atoms. The predicted octanol–water partition coefficient (Wildman–Crippen LogP) is -1.26. The molecule has 6 nitrogen and oxygen atoms in total. The van der Waals surface area contributed by atoms with Gasteiger partial charge in [0, 0.05) is 19.1 Å². The third kappa shape index (κ3) is 3.02. The zero-order valence-corrected chi connectivity index (χ0v) is 11.3. The first-order chi connectivity index (χ1) is 8.39. The van der Waals surface area contributed by atoms with Gasteiger partial charge in [0.2, 0.25) is 5.91 Å². The van der Waals surface area contributed by atoms with Crippen LogP contribution in [0.4, 0.5) is 0 Å². The molecule has 0 aliphatic carbocycles. The van der Waals surface area contributed by atoms with E-state index in [9.17, 15) is 18.3 Å². The Morgan fingerprint density at radius 3 is 2.44 bits per heavy atom. The number of nitrogens with one attached hydrogen (secondary N) is 1. The van der Waals surface area contributed by atoms with Crippen LogP contribution in [-0.4, -0.2) is 67.1 Å². The lowest BCUT2D eigenvalue weighted by molar-refractivity contribution is -0.132. The molecule has 0 spiro atoms. The minimum Gasteiger partial charge on any atom is -0.390 e. The largest absolute Gasteiger partial charge is 0.390 e. The number of hydrogen-bond donors (Lipinski definition) is 2. The van der Waals surface area contributed by atoms with Crippen molar-refractivity contribution < 1.29 is 18.3 Å². The maximum atomic E-state index is 12.0. The molecule has 2 aliphatic rings. The first-order valence-corrected chi connectivity index (χ1v) is 8.14. The van der Waals surface area contributed by atoms with Crippen LogP contribution < -0.4 is 5.32 Å². The van der Waals surface area contributed by atoms with Crippen molar-refractivity contribution in [1.29, 1.82) is 0 Å². The summed E-state index contributed by atoms with van der Waals surface area (Å²) in [6.45, 7) is 3.27. The van der Waals surface area contributed by atoms with Crippen molar-refractivity contribution in [2.24, 2.45) is 0 Å². The third-order valence-corrected chi connectivity index (χ3v) is 5.29. The van der Waals surface area contributed by atoms with Crippen molar-refractivity contribution in [3.63, 3.8) is 0 Å². The zero-order chi connectivity index (χ0) is 13.3. The summed E-state index contributed by atoms with van der Waals surface area (Å²) < 4.78 is 22.7. The van der Waals surface area contributed by atoms with E-state index >= 15 is 0 Å². The molecule has 0 radical (unpaired) electrons. The van der Waals surface area contributed by atoms with Gasteiger partial charge < -0.3 is 10.0 Å². The van der Waals surface area contributed by atoms with Crippen molar-refractivity contribution >= 4 is 15.7 Å². The van der Waals surface area contributed by atoms with Crippen LogP contribution in [0.25, 0.3) is 0 Å². The van der Waals surface area contributed by atoms with E-state index in [2.05, 4.69) is 5.32 Å². The highest BCUT2D eigenvalue weighted by Gasteiger charge is 2.38. The number of aliphatic hydroxyl groups is 1. The van der Waals surface area contributed by atoms with E-state index in [0.717, 1.165) is 25.9 Å². The van der Waals surface area contributed by atoms with Crippen LogP contribution in [0.2, 0.25) is 0 Å². The van der Waals surface area contributed by atoms with E-state index in [4.69, 9.17) is 0 Å². The van der Waals surface area contributed by atoms with E-state index in [0.29, 0.717) is 0 Å². The molecule has 3 unspecified atom stereocenters. The molecule has 0 bridgehead atoms. The molecule has 0 aromatic carbocycles. The molecule has 1 amide bonds. The summed E-state index contributed by atoms with van der Waals surface area (Å²) in [5.41, 5.74) is 0. The van der Waals surface area contributed by atoms with Crippen molar-refractivity contribution in [2.45, 2.75) is 38.0 Å². The van der Waals surface area contributed by atoms with E-state index in [-0.39, 0.29) is 17.4 Å². The molecule has 0 aromatic heterocycles. The van der Waals surface area contributed by atoms with Gasteiger partial charge in [-0.1, -0.05) is 0 Å². The lowest BCUT2D eigenvalue weighted by Gasteiger charge is -2.24. The second kappa shape index (κ2) is 5.14. The summed E-state index contributed by atoms with van der Waals surface area (Å²) in [4.78, 5) is 13.8. The van der Waals surface area contributed by atoms with Crippen molar-refractivity contribution in [3.8, 4) is 0 Å². The molecular formula is C11H20N2O4S. The monoisotopic (exact) mass is 276 g/mol. The summed E-state index contributed by atoms with van der Waals surface area (Å²) >= 11 is 0. The number of likely N-dealkylation sites (tertiary alicyclic amines) is 1. The van der Waals surface area contributed by atoms with Crippen LogP contribution in [0.15, 0.2) is 0 Å². The lowest BCUT2D eigenvalue weighted by Crippen LogP contribution is -2.51. The standard InChI is InChI=1S/C11H20N2O4S/c1-8(11(15)13-4-2-3-5-13)12-9-6-18(16,17)7-10(9)14/h8-10,12,14H,2-7H2,1H3. The van der Waals surface area contributed by atoms with Crippen LogP contribution >= 0.6 is 0 Å². The van der Waals surface area contributed by atoms with E-state index in [1.54, 1.807) is 11.8 Å². The Labute approximate surface area is 107 Å². The summed E-state index contributed by atoms with van der Waals surface area (Å²) in [5.74, 6) is -0.315. The Morgan fingerprint density at radius 1 is 1.33 bits per heavy atom. The molecule has 0 aromatic rings. The number of sulfone groups is 1. The minimum absolute atomic E-state index is 0.0102. The van der Waals surface area contributed by atoms with Gasteiger partial charge in [-0.15, -0.1) is 0 Å². The Morgan fingerprint density at radius 2 is 1.94 bits per heavy atom. The van der Waals surface area contributed by atoms with Gasteiger partial charge in [-0.3, -0.25) is 10.1 Å². The molecule has 2 rings (SSSR count). The molecule has 3 atom stereocenters. The second-order valence-electron chi connectivity index (χ2n) is 5.17. The van der Waals surface area contributed by atoms with Gasteiger partial charge in [0.05, 0.1) is 23.7 Å². The fourth-order valence-corrected chi connectivity index (χ4v) is 4.35. The molecule has 0 saturated carbocycles. The van der Waals surface area contributed by atoms with E-state index in [1.807, 2.05) is 0 Å². The summed E-state index contributed by atoms with van der Waals surface area (Å²) in [5, 5.41) is 12.6. The van der Waals surface area contributed by atoms with Gasteiger partial charge >= 0.3 is 0 Å². The van der Waals surface area contributed by atoms with Gasteiger partial charge in [-0.25, -0.2) is 8.42 Å². The highest BCUT2D eigenvalue weighted by Crippen LogP contribution is 2.14. The molecule has 2 N–H and O–H groups in total. The maximum absolute atomic E-state index is 12.0. The lowest BCUT2D eigenvalue weighted by atomic mass is 10.2. The predicted molar refractivity (Wildman–Crippen MR) is 66.9 cm³/mol. The first-order valence-electron chi connectivity index (χ1n) is 6.32. The van der Waals surface area contributed by atoms with Crippen LogP contribution in [0.1, 0.15) is 19.8 Å². The summed E-state index contributed by atoms with van der Waals surface area (Å²) in [7, 11) is -3.17. The van der Waals surface area contributed by atoms with Gasteiger partial charge in [-0.2, -0.15) is 0 Å². The Bertz CT molecular complexity index is 417. The number of carbonyl (C=O) groups is 1.